The van der Waals surface area contributed by atoms with Crippen molar-refractivity contribution in [2.45, 2.75) is 19.8 Å². The molecule has 3 aromatic rings. The van der Waals surface area contributed by atoms with E-state index in [-0.39, 0.29) is 41.2 Å². The smallest absolute Gasteiger partial charge is 0.257 e. The zero-order valence-corrected chi connectivity index (χ0v) is 19.1. The van der Waals surface area contributed by atoms with Crippen molar-refractivity contribution in [3.63, 3.8) is 0 Å². The second-order valence-corrected chi connectivity index (χ2v) is 8.20. The minimum Gasteiger partial charge on any atom is -0.493 e. The number of anilines is 1. The topological polar surface area (TPSA) is 113 Å². The Morgan fingerprint density at radius 3 is 2.25 bits per heavy atom. The van der Waals surface area contributed by atoms with Gasteiger partial charge in [0.05, 0.1) is 19.9 Å². The van der Waals surface area contributed by atoms with Crippen LogP contribution in [0.25, 0.3) is 11.3 Å². The molecule has 0 aliphatic heterocycles. The highest BCUT2D eigenvalue weighted by Gasteiger charge is 2.21. The Bertz CT molecular complexity index is 1090. The number of hydrogen-bond acceptors (Lipinski definition) is 7. The van der Waals surface area contributed by atoms with Crippen LogP contribution in [0.3, 0.4) is 0 Å². The molecule has 0 aliphatic carbocycles. The first-order valence-electron chi connectivity index (χ1n) is 9.88. The molecular weight excluding hydrogens is 430 g/mol. The summed E-state index contributed by atoms with van der Waals surface area (Å²) in [5, 5.41) is 3.35. The summed E-state index contributed by atoms with van der Waals surface area (Å²) < 4.78 is 16.0. The molecule has 2 aromatic carbocycles. The molecule has 0 unspecified atom stereocenters. The Labute approximate surface area is 190 Å². The van der Waals surface area contributed by atoms with Crippen molar-refractivity contribution in [3.05, 3.63) is 52.9 Å². The average Bonchev–Trinajstić information content (AvgIpc) is 3.21. The number of nitrogens with one attached hydrogen (secondary N) is 1. The monoisotopic (exact) mass is 455 g/mol. The second-order valence-electron chi connectivity index (χ2n) is 7.17. The lowest BCUT2D eigenvalue weighted by Crippen LogP contribution is -2.20. The quantitative estimate of drug-likeness (QED) is 0.503. The van der Waals surface area contributed by atoms with Crippen LogP contribution in [0.4, 0.5) is 5.13 Å². The van der Waals surface area contributed by atoms with Crippen molar-refractivity contribution in [1.29, 1.82) is 0 Å². The van der Waals surface area contributed by atoms with Crippen LogP contribution in [0.5, 0.6) is 17.2 Å². The predicted octanol–water partition coefficient (Wildman–Crippen LogP) is 4.07. The number of carbonyl (C=O) groups excluding carboxylic acids is 2. The summed E-state index contributed by atoms with van der Waals surface area (Å²) in [7, 11) is 2.85. The van der Waals surface area contributed by atoms with Gasteiger partial charge < -0.3 is 19.9 Å². The standard InChI is InChI=1S/C23H25N3O5S/c1-13(2)21-19(14-8-6-5-7-9-14)25-23(32-21)26-22(28)15-10-16(29-3)20(17(11-15)30-4)31-12-18(24)27/h5-11,13H,12H2,1-4H3,(H2,24,27)(H,25,26,28). The van der Waals surface area contributed by atoms with Gasteiger partial charge in [-0.1, -0.05) is 44.2 Å². The van der Waals surface area contributed by atoms with Gasteiger partial charge in [0.2, 0.25) is 5.75 Å². The minimum atomic E-state index is -0.644. The number of hydrogen-bond donors (Lipinski definition) is 2. The molecular formula is C23H25N3O5S. The van der Waals surface area contributed by atoms with Crippen molar-refractivity contribution in [2.75, 3.05) is 26.1 Å². The molecule has 0 atom stereocenters. The Hall–Kier alpha value is -3.59. The van der Waals surface area contributed by atoms with Gasteiger partial charge in [0.25, 0.3) is 11.8 Å². The number of amides is 2. The van der Waals surface area contributed by atoms with Gasteiger partial charge in [0.1, 0.15) is 0 Å². The second kappa shape index (κ2) is 10.1. The Morgan fingerprint density at radius 2 is 1.72 bits per heavy atom. The van der Waals surface area contributed by atoms with Gasteiger partial charge in [-0.3, -0.25) is 14.9 Å². The van der Waals surface area contributed by atoms with Crippen LogP contribution in [-0.2, 0) is 4.79 Å². The first-order valence-corrected chi connectivity index (χ1v) is 10.7. The summed E-state index contributed by atoms with van der Waals surface area (Å²) in [5.74, 6) is -0.115. The van der Waals surface area contributed by atoms with Crippen molar-refractivity contribution in [1.82, 2.24) is 4.98 Å². The molecule has 168 valence electrons. The lowest BCUT2D eigenvalue weighted by atomic mass is 10.1. The molecule has 0 spiro atoms. The maximum Gasteiger partial charge on any atom is 0.257 e. The van der Waals surface area contributed by atoms with E-state index in [0.29, 0.717) is 5.13 Å². The molecule has 0 saturated carbocycles. The SMILES string of the molecule is COc1cc(C(=O)Nc2nc(-c3ccccc3)c(C(C)C)s2)cc(OC)c1OCC(N)=O. The summed E-state index contributed by atoms with van der Waals surface area (Å²) in [6.45, 7) is 3.83. The number of methoxy groups -OCH3 is 2. The zero-order valence-electron chi connectivity index (χ0n) is 18.3. The molecule has 1 heterocycles. The van der Waals surface area contributed by atoms with E-state index in [4.69, 9.17) is 19.9 Å². The maximum absolute atomic E-state index is 13.0. The van der Waals surface area contributed by atoms with Gasteiger partial charge in [-0.15, -0.1) is 11.3 Å². The highest BCUT2D eigenvalue weighted by atomic mass is 32.1. The molecule has 3 rings (SSSR count). The minimum absolute atomic E-state index is 0.188. The number of primary amides is 1. The molecule has 0 fully saturated rings. The molecule has 0 bridgehead atoms. The lowest BCUT2D eigenvalue weighted by molar-refractivity contribution is -0.120. The van der Waals surface area contributed by atoms with E-state index in [9.17, 15) is 9.59 Å². The molecule has 0 saturated heterocycles. The lowest BCUT2D eigenvalue weighted by Gasteiger charge is -2.15. The summed E-state index contributed by atoms with van der Waals surface area (Å²) in [4.78, 5) is 29.8. The van der Waals surface area contributed by atoms with Crippen LogP contribution in [0.1, 0.15) is 35.0 Å². The van der Waals surface area contributed by atoms with Crippen LogP contribution in [0.2, 0.25) is 0 Å². The fraction of sp³-hybridized carbons (Fsp3) is 0.261. The number of aromatic nitrogens is 1. The van der Waals surface area contributed by atoms with E-state index in [1.54, 1.807) is 0 Å². The third-order valence-electron chi connectivity index (χ3n) is 4.53. The largest absolute Gasteiger partial charge is 0.493 e. The van der Waals surface area contributed by atoms with E-state index in [1.165, 1.54) is 37.7 Å². The molecule has 3 N–H and O–H groups in total. The molecule has 2 amide bonds. The van der Waals surface area contributed by atoms with Crippen LogP contribution in [0.15, 0.2) is 42.5 Å². The van der Waals surface area contributed by atoms with E-state index < -0.39 is 5.91 Å². The average molecular weight is 456 g/mol. The van der Waals surface area contributed by atoms with Crippen molar-refractivity contribution in [2.24, 2.45) is 5.73 Å². The van der Waals surface area contributed by atoms with E-state index in [0.717, 1.165) is 16.1 Å². The first kappa shape index (κ1) is 23.1. The molecule has 0 radical (unpaired) electrons. The highest BCUT2D eigenvalue weighted by molar-refractivity contribution is 7.16. The van der Waals surface area contributed by atoms with E-state index >= 15 is 0 Å². The third-order valence-corrected chi connectivity index (χ3v) is 5.80. The van der Waals surface area contributed by atoms with E-state index in [2.05, 4.69) is 24.1 Å². The van der Waals surface area contributed by atoms with Crippen molar-refractivity contribution in [3.8, 4) is 28.5 Å². The van der Waals surface area contributed by atoms with Crippen LogP contribution in [-0.4, -0.2) is 37.6 Å². The third kappa shape index (κ3) is 5.17. The maximum atomic E-state index is 13.0. The fourth-order valence-corrected chi connectivity index (χ4v) is 4.03. The molecule has 8 nitrogen and oxygen atoms in total. The molecule has 0 aliphatic rings. The van der Waals surface area contributed by atoms with Gasteiger partial charge in [0, 0.05) is 16.0 Å². The van der Waals surface area contributed by atoms with Gasteiger partial charge in [-0.25, -0.2) is 4.98 Å². The van der Waals surface area contributed by atoms with Gasteiger partial charge in [-0.05, 0) is 18.1 Å². The highest BCUT2D eigenvalue weighted by Crippen LogP contribution is 2.39. The van der Waals surface area contributed by atoms with Gasteiger partial charge in [0.15, 0.2) is 23.2 Å². The number of nitrogens with two attached hydrogens (primary N) is 1. The normalized spacial score (nSPS) is 10.7. The number of ether oxygens (including phenoxy) is 3. The number of thiazole rings is 1. The van der Waals surface area contributed by atoms with Gasteiger partial charge >= 0.3 is 0 Å². The van der Waals surface area contributed by atoms with Gasteiger partial charge in [-0.2, -0.15) is 0 Å². The number of rotatable bonds is 9. The van der Waals surface area contributed by atoms with Crippen LogP contribution >= 0.6 is 11.3 Å². The molecule has 1 aromatic heterocycles. The number of benzene rings is 2. The summed E-state index contributed by atoms with van der Waals surface area (Å²) >= 11 is 1.44. The summed E-state index contributed by atoms with van der Waals surface area (Å²) in [6.07, 6.45) is 0. The zero-order chi connectivity index (χ0) is 23.3. The predicted molar refractivity (Wildman–Crippen MR) is 124 cm³/mol. The Morgan fingerprint density at radius 1 is 1.09 bits per heavy atom. The Balaban J connectivity index is 1.91. The molecule has 9 heteroatoms. The molecule has 32 heavy (non-hydrogen) atoms. The summed E-state index contributed by atoms with van der Waals surface area (Å²) in [5.41, 5.74) is 7.28. The van der Waals surface area contributed by atoms with Crippen LogP contribution < -0.4 is 25.3 Å². The van der Waals surface area contributed by atoms with Crippen molar-refractivity contribution < 1.29 is 23.8 Å². The fourth-order valence-electron chi connectivity index (χ4n) is 3.05. The summed E-state index contributed by atoms with van der Waals surface area (Å²) in [6, 6.07) is 12.9. The van der Waals surface area contributed by atoms with Crippen LogP contribution in [0, 0.1) is 0 Å². The van der Waals surface area contributed by atoms with Crippen molar-refractivity contribution >= 4 is 28.3 Å². The number of nitrogens with zero attached hydrogens (tertiary/aromatic N) is 1. The number of carbonyl (C=O) groups is 2. The van der Waals surface area contributed by atoms with E-state index in [1.807, 2.05) is 30.3 Å². The first-order chi connectivity index (χ1) is 15.3. The Kier molecular flexibility index (Phi) is 7.32.